The lowest BCUT2D eigenvalue weighted by Gasteiger charge is -2.22. The minimum atomic E-state index is -1.01. The van der Waals surface area contributed by atoms with Crippen molar-refractivity contribution < 1.29 is 18.8 Å². The van der Waals surface area contributed by atoms with E-state index in [0.717, 1.165) is 0 Å². The van der Waals surface area contributed by atoms with Crippen molar-refractivity contribution in [3.05, 3.63) is 12.7 Å². The Hall–Kier alpha value is -1.09. The van der Waals surface area contributed by atoms with Crippen LogP contribution in [0, 0.1) is 5.92 Å². The summed E-state index contributed by atoms with van der Waals surface area (Å²) in [5, 5.41) is 2.56. The molecule has 1 aliphatic carbocycles. The predicted octanol–water partition coefficient (Wildman–Crippen LogP) is 1.79. The van der Waals surface area contributed by atoms with Crippen molar-refractivity contribution in [2.45, 2.75) is 38.3 Å². The Labute approximate surface area is 103 Å². The second-order valence-electron chi connectivity index (χ2n) is 5.05. The molecule has 3 atom stereocenters. The maximum absolute atomic E-state index is 11.6. The lowest BCUT2D eigenvalue weighted by molar-refractivity contribution is -0.137. The maximum atomic E-state index is 11.6. The molecular weight excluding hydrogens is 241 g/mol. The molecule has 5 nitrogen and oxygen atoms in total. The average Bonchev–Trinajstić information content (AvgIpc) is 2.88. The summed E-state index contributed by atoms with van der Waals surface area (Å²) in [5.74, 6) is -0.610. The van der Waals surface area contributed by atoms with E-state index in [9.17, 15) is 9.59 Å². The molecule has 1 N–H and O–H groups in total. The number of carbonyl (C=O) groups is 2. The van der Waals surface area contributed by atoms with E-state index in [2.05, 4.69) is 16.4 Å². The van der Waals surface area contributed by atoms with Gasteiger partial charge in [-0.2, -0.15) is 0 Å². The Bertz CT molecular complexity index is 350. The van der Waals surface area contributed by atoms with Gasteiger partial charge in [-0.05, 0) is 27.2 Å². The SMILES string of the molecule is C=C[C@@H]1CC1(NC(=O)OC(C)(C)C)C(=O)OP. The Balaban J connectivity index is 2.68. The summed E-state index contributed by atoms with van der Waals surface area (Å²) in [7, 11) is 1.88. The van der Waals surface area contributed by atoms with E-state index in [4.69, 9.17) is 4.74 Å². The average molecular weight is 259 g/mol. The molecule has 0 aliphatic heterocycles. The fourth-order valence-corrected chi connectivity index (χ4v) is 1.80. The van der Waals surface area contributed by atoms with Crippen LogP contribution in [-0.2, 0) is 14.1 Å². The van der Waals surface area contributed by atoms with Gasteiger partial charge in [-0.1, -0.05) is 6.08 Å². The Morgan fingerprint density at radius 1 is 1.53 bits per heavy atom. The first kappa shape index (κ1) is 14.0. The molecule has 0 heterocycles. The number of ether oxygens (including phenoxy) is 1. The van der Waals surface area contributed by atoms with Gasteiger partial charge in [0.15, 0.2) is 0 Å². The molecule has 0 aromatic heterocycles. The third kappa shape index (κ3) is 3.19. The summed E-state index contributed by atoms with van der Waals surface area (Å²) >= 11 is 0. The second-order valence-corrected chi connectivity index (χ2v) is 5.29. The van der Waals surface area contributed by atoms with E-state index in [-0.39, 0.29) is 5.92 Å². The van der Waals surface area contributed by atoms with Crippen LogP contribution in [-0.4, -0.2) is 23.2 Å². The molecule has 0 radical (unpaired) electrons. The Morgan fingerprint density at radius 2 is 2.12 bits per heavy atom. The number of alkyl carbamates (subject to hydrolysis) is 1. The van der Waals surface area contributed by atoms with Crippen LogP contribution in [0.25, 0.3) is 0 Å². The van der Waals surface area contributed by atoms with Crippen LogP contribution in [0.4, 0.5) is 4.79 Å². The highest BCUT2D eigenvalue weighted by Gasteiger charge is 2.61. The smallest absolute Gasteiger partial charge is 0.408 e. The van der Waals surface area contributed by atoms with Crippen LogP contribution in [0.1, 0.15) is 27.2 Å². The van der Waals surface area contributed by atoms with Crippen molar-refractivity contribution >= 4 is 21.5 Å². The summed E-state index contributed by atoms with van der Waals surface area (Å²) in [4.78, 5) is 23.2. The third-order valence-electron chi connectivity index (χ3n) is 2.49. The van der Waals surface area contributed by atoms with Gasteiger partial charge in [-0.3, -0.25) is 0 Å². The van der Waals surface area contributed by atoms with E-state index in [1.807, 2.05) is 9.47 Å². The van der Waals surface area contributed by atoms with Gasteiger partial charge in [-0.15, -0.1) is 6.58 Å². The zero-order chi connectivity index (χ0) is 13.3. The molecule has 0 aromatic rings. The highest BCUT2D eigenvalue weighted by atomic mass is 31.0. The fourth-order valence-electron chi connectivity index (χ4n) is 1.59. The van der Waals surface area contributed by atoms with Crippen LogP contribution in [0.2, 0.25) is 0 Å². The summed E-state index contributed by atoms with van der Waals surface area (Å²) in [6.07, 6.45) is 1.49. The van der Waals surface area contributed by atoms with Gasteiger partial charge in [0.05, 0.1) is 9.47 Å². The zero-order valence-electron chi connectivity index (χ0n) is 10.3. The molecule has 0 saturated heterocycles. The third-order valence-corrected chi connectivity index (χ3v) is 2.71. The highest BCUT2D eigenvalue weighted by molar-refractivity contribution is 7.10. The van der Waals surface area contributed by atoms with Crippen molar-refractivity contribution in [3.8, 4) is 0 Å². The number of amides is 1. The van der Waals surface area contributed by atoms with Gasteiger partial charge in [0.1, 0.15) is 11.1 Å². The van der Waals surface area contributed by atoms with Gasteiger partial charge in [0.2, 0.25) is 0 Å². The molecule has 1 rings (SSSR count). The second kappa shape index (κ2) is 4.65. The van der Waals surface area contributed by atoms with Crippen molar-refractivity contribution in [2.24, 2.45) is 5.92 Å². The molecule has 96 valence electrons. The standard InChI is InChI=1S/C11H18NO4P/c1-5-7-6-11(7,8(13)16-17)12-9(14)15-10(2,3)4/h5,7H,1,6,17H2,2-4H3,(H,12,14)/t7-,11?/m1/s1. The first-order chi connectivity index (χ1) is 7.75. The highest BCUT2D eigenvalue weighted by Crippen LogP contribution is 2.45. The van der Waals surface area contributed by atoms with Gasteiger partial charge in [-0.25, -0.2) is 9.59 Å². The molecule has 1 saturated carbocycles. The molecule has 0 bridgehead atoms. The van der Waals surface area contributed by atoms with E-state index in [0.29, 0.717) is 6.42 Å². The molecule has 2 unspecified atom stereocenters. The predicted molar refractivity (Wildman–Crippen MR) is 66.2 cm³/mol. The zero-order valence-corrected chi connectivity index (χ0v) is 11.4. The molecule has 6 heteroatoms. The van der Waals surface area contributed by atoms with Crippen molar-refractivity contribution in [1.82, 2.24) is 5.32 Å². The number of carbonyl (C=O) groups excluding carboxylic acids is 2. The summed E-state index contributed by atoms with van der Waals surface area (Å²) < 4.78 is 9.70. The largest absolute Gasteiger partial charge is 0.450 e. The summed E-state index contributed by atoms with van der Waals surface area (Å²) in [6.45, 7) is 8.88. The Kier molecular flexibility index (Phi) is 3.82. The minimum absolute atomic E-state index is 0.108. The molecule has 0 spiro atoms. The van der Waals surface area contributed by atoms with Crippen LogP contribution >= 0.6 is 9.47 Å². The Morgan fingerprint density at radius 3 is 2.47 bits per heavy atom. The maximum Gasteiger partial charge on any atom is 0.408 e. The van der Waals surface area contributed by atoms with Crippen LogP contribution in [0.15, 0.2) is 12.7 Å². The molecule has 1 aliphatic rings. The number of nitrogens with one attached hydrogen (secondary N) is 1. The van der Waals surface area contributed by atoms with E-state index in [1.165, 1.54) is 0 Å². The normalized spacial score (nSPS) is 26.9. The molecular formula is C11H18NO4P. The van der Waals surface area contributed by atoms with Gasteiger partial charge < -0.3 is 14.6 Å². The first-order valence-electron chi connectivity index (χ1n) is 5.30. The fraction of sp³-hybridized carbons (Fsp3) is 0.636. The number of hydrogen-bond acceptors (Lipinski definition) is 4. The summed E-state index contributed by atoms with van der Waals surface area (Å²) in [5.41, 5.74) is -1.61. The lowest BCUT2D eigenvalue weighted by Crippen LogP contribution is -2.47. The molecule has 0 aromatic carbocycles. The molecule has 1 fully saturated rings. The summed E-state index contributed by atoms with van der Waals surface area (Å²) in [6, 6.07) is 0. The van der Waals surface area contributed by atoms with E-state index < -0.39 is 23.2 Å². The van der Waals surface area contributed by atoms with Crippen LogP contribution < -0.4 is 5.32 Å². The van der Waals surface area contributed by atoms with Gasteiger partial charge in [0, 0.05) is 5.92 Å². The van der Waals surface area contributed by atoms with E-state index in [1.54, 1.807) is 26.8 Å². The quantitative estimate of drug-likeness (QED) is 0.620. The van der Waals surface area contributed by atoms with Crippen LogP contribution in [0.3, 0.4) is 0 Å². The minimum Gasteiger partial charge on any atom is -0.450 e. The number of hydrogen-bond donors (Lipinski definition) is 1. The molecule has 17 heavy (non-hydrogen) atoms. The lowest BCUT2D eigenvalue weighted by atomic mass is 10.2. The molecule has 1 amide bonds. The van der Waals surface area contributed by atoms with Crippen molar-refractivity contribution in [1.29, 1.82) is 0 Å². The van der Waals surface area contributed by atoms with Gasteiger partial charge in [0.25, 0.3) is 0 Å². The monoisotopic (exact) mass is 259 g/mol. The number of rotatable bonds is 3. The topological polar surface area (TPSA) is 64.6 Å². The van der Waals surface area contributed by atoms with Gasteiger partial charge >= 0.3 is 12.1 Å². The van der Waals surface area contributed by atoms with Crippen molar-refractivity contribution in [3.63, 3.8) is 0 Å². The van der Waals surface area contributed by atoms with E-state index >= 15 is 0 Å². The van der Waals surface area contributed by atoms with Crippen LogP contribution in [0.5, 0.6) is 0 Å². The van der Waals surface area contributed by atoms with Crippen molar-refractivity contribution in [2.75, 3.05) is 0 Å². The first-order valence-corrected chi connectivity index (χ1v) is 5.77.